The van der Waals surface area contributed by atoms with Crippen LogP contribution in [0.15, 0.2) is 51.9 Å². The molecule has 1 amide bonds. The largest absolute Gasteiger partial charge is 0.332 e. The predicted molar refractivity (Wildman–Crippen MR) is 138 cm³/mol. The van der Waals surface area contributed by atoms with Crippen molar-refractivity contribution in [3.05, 3.63) is 68.2 Å². The van der Waals surface area contributed by atoms with Gasteiger partial charge < -0.3 is 10.6 Å². The van der Waals surface area contributed by atoms with Crippen LogP contribution in [0.25, 0.3) is 16.3 Å². The summed E-state index contributed by atoms with van der Waals surface area (Å²) in [5, 5.41) is 12.1. The number of allylic oxidation sites excluding steroid dienone is 1. The van der Waals surface area contributed by atoms with Gasteiger partial charge in [0.1, 0.15) is 5.01 Å². The number of aromatic nitrogens is 1. The molecule has 0 bridgehead atoms. The number of rotatable bonds is 8. The quantitative estimate of drug-likeness (QED) is 0.322. The van der Waals surface area contributed by atoms with Gasteiger partial charge in [0.05, 0.1) is 11.7 Å². The summed E-state index contributed by atoms with van der Waals surface area (Å²) in [6.07, 6.45) is 7.85. The van der Waals surface area contributed by atoms with E-state index < -0.39 is 0 Å². The molecule has 1 fully saturated rings. The molecule has 1 saturated carbocycles. The fourth-order valence-corrected chi connectivity index (χ4v) is 6.52. The van der Waals surface area contributed by atoms with Crippen molar-refractivity contribution < 1.29 is 4.79 Å². The molecule has 1 atom stereocenters. The first-order valence-electron chi connectivity index (χ1n) is 11.4. The molecule has 4 nitrogen and oxygen atoms in total. The summed E-state index contributed by atoms with van der Waals surface area (Å²) < 4.78 is 1.07. The molecule has 1 unspecified atom stereocenters. The number of carbonyl (C=O) groups excluding carboxylic acids is 1. The molecule has 2 aromatic carbocycles. The van der Waals surface area contributed by atoms with E-state index in [9.17, 15) is 4.79 Å². The zero-order valence-corrected chi connectivity index (χ0v) is 21.1. The van der Waals surface area contributed by atoms with Crippen LogP contribution in [0, 0.1) is 0 Å². The van der Waals surface area contributed by atoms with Crippen LogP contribution in [0.3, 0.4) is 0 Å². The molecule has 6 heteroatoms. The number of nitrogens with zero attached hydrogens (tertiary/aromatic N) is 1. The number of hydrogen-bond donors (Lipinski definition) is 2. The zero-order valence-electron chi connectivity index (χ0n) is 18.7. The third kappa shape index (κ3) is 4.68. The van der Waals surface area contributed by atoms with Gasteiger partial charge in [0, 0.05) is 27.0 Å². The fraction of sp³-hybridized carbons (Fsp3) is 0.385. The molecule has 4 rings (SSSR count). The molecule has 0 aliphatic heterocycles. The van der Waals surface area contributed by atoms with Crippen LogP contribution in [0.4, 0.5) is 0 Å². The van der Waals surface area contributed by atoms with Gasteiger partial charge in [-0.25, -0.2) is 4.98 Å². The Balaban J connectivity index is 1.82. The first kappa shape index (κ1) is 23.1. The maximum Gasteiger partial charge on any atom is 0.211 e. The fourth-order valence-electron chi connectivity index (χ4n) is 4.79. The van der Waals surface area contributed by atoms with E-state index in [1.807, 2.05) is 7.05 Å². The average molecular weight is 513 g/mol. The van der Waals surface area contributed by atoms with Crippen LogP contribution in [0.5, 0.6) is 0 Å². The standard InChI is InChI=1S/C26H30BrN3OS/c1-3-21(29-16-31)23(26-30-22(15-32-26)18-10-5-4-6-11-18)25(28-2)20-14-13-17-9-7-8-12-19(17)24(20)27/h7-9,12-16,18,25,28H,3-6,10-11H2,1-2H3,(H,29,31)/b23-21+. The van der Waals surface area contributed by atoms with Crippen molar-refractivity contribution in [2.24, 2.45) is 0 Å². The Bertz CT molecular complexity index is 1120. The average Bonchev–Trinajstić information content (AvgIpc) is 3.32. The lowest BCUT2D eigenvalue weighted by Gasteiger charge is -2.24. The molecule has 0 spiro atoms. The van der Waals surface area contributed by atoms with Crippen LogP contribution in [0.1, 0.15) is 73.7 Å². The van der Waals surface area contributed by atoms with E-state index in [2.05, 4.69) is 75.3 Å². The van der Waals surface area contributed by atoms with Crippen molar-refractivity contribution in [2.75, 3.05) is 7.05 Å². The molecule has 0 radical (unpaired) electrons. The van der Waals surface area contributed by atoms with Crippen LogP contribution < -0.4 is 10.6 Å². The number of halogens is 1. The number of amides is 1. The van der Waals surface area contributed by atoms with Crippen molar-refractivity contribution in [3.8, 4) is 0 Å². The van der Waals surface area contributed by atoms with E-state index in [-0.39, 0.29) is 6.04 Å². The monoisotopic (exact) mass is 511 g/mol. The predicted octanol–water partition coefficient (Wildman–Crippen LogP) is 6.93. The number of hydrogen-bond acceptors (Lipinski definition) is 4. The van der Waals surface area contributed by atoms with Gasteiger partial charge >= 0.3 is 0 Å². The summed E-state index contributed by atoms with van der Waals surface area (Å²) in [6.45, 7) is 2.07. The van der Waals surface area contributed by atoms with Crippen molar-refractivity contribution in [1.82, 2.24) is 15.6 Å². The molecule has 3 aromatic rings. The smallest absolute Gasteiger partial charge is 0.211 e. The minimum atomic E-state index is -0.110. The van der Waals surface area contributed by atoms with Crippen molar-refractivity contribution in [2.45, 2.75) is 57.4 Å². The second kappa shape index (κ2) is 10.7. The highest BCUT2D eigenvalue weighted by atomic mass is 79.9. The van der Waals surface area contributed by atoms with Gasteiger partial charge in [-0.05, 0) is 58.6 Å². The molecule has 0 saturated heterocycles. The van der Waals surface area contributed by atoms with Crippen molar-refractivity contribution in [3.63, 3.8) is 0 Å². The van der Waals surface area contributed by atoms with E-state index in [1.54, 1.807) is 11.3 Å². The Morgan fingerprint density at radius 1 is 1.22 bits per heavy atom. The van der Waals surface area contributed by atoms with Gasteiger partial charge in [0.15, 0.2) is 0 Å². The Morgan fingerprint density at radius 3 is 2.72 bits per heavy atom. The molecule has 1 aromatic heterocycles. The molecule has 168 valence electrons. The molecule has 2 N–H and O–H groups in total. The number of likely N-dealkylation sites (N-methyl/N-ethyl adjacent to an activating group) is 1. The first-order valence-corrected chi connectivity index (χ1v) is 13.1. The second-order valence-corrected chi connectivity index (χ2v) is 9.98. The normalized spacial score (nSPS) is 16.6. The molecule has 32 heavy (non-hydrogen) atoms. The third-order valence-electron chi connectivity index (χ3n) is 6.47. The molecular weight excluding hydrogens is 482 g/mol. The summed E-state index contributed by atoms with van der Waals surface area (Å²) in [4.78, 5) is 16.6. The maximum atomic E-state index is 11.5. The van der Waals surface area contributed by atoms with Crippen molar-refractivity contribution >= 4 is 50.0 Å². The SMILES string of the molecule is CC/C(NC=O)=C(\c1nc(C2CCCCC2)cs1)C(NC)c1ccc2ccccc2c1Br. The van der Waals surface area contributed by atoms with Gasteiger partial charge in [0.2, 0.25) is 6.41 Å². The van der Waals surface area contributed by atoms with E-state index in [0.29, 0.717) is 5.92 Å². The van der Waals surface area contributed by atoms with Gasteiger partial charge in [-0.3, -0.25) is 4.79 Å². The van der Waals surface area contributed by atoms with Crippen LogP contribution in [-0.4, -0.2) is 18.4 Å². The molecule has 1 aliphatic carbocycles. The summed E-state index contributed by atoms with van der Waals surface area (Å²) in [5.41, 5.74) is 4.29. The highest BCUT2D eigenvalue weighted by molar-refractivity contribution is 9.10. The zero-order chi connectivity index (χ0) is 22.5. The number of thiazole rings is 1. The lowest BCUT2D eigenvalue weighted by Crippen LogP contribution is -2.23. The lowest BCUT2D eigenvalue weighted by molar-refractivity contribution is -0.108. The lowest BCUT2D eigenvalue weighted by atomic mass is 9.87. The van der Waals surface area contributed by atoms with E-state index in [4.69, 9.17) is 4.98 Å². The second-order valence-electron chi connectivity index (χ2n) is 8.33. The number of carbonyl (C=O) groups is 1. The van der Waals surface area contributed by atoms with Gasteiger partial charge in [-0.2, -0.15) is 0 Å². The number of fused-ring (bicyclic) bond motifs is 1. The van der Waals surface area contributed by atoms with Gasteiger partial charge in [0.25, 0.3) is 0 Å². The van der Waals surface area contributed by atoms with Crippen molar-refractivity contribution in [1.29, 1.82) is 0 Å². The summed E-state index contributed by atoms with van der Waals surface area (Å²) in [5.74, 6) is 0.555. The first-order chi connectivity index (χ1) is 15.7. The van der Waals surface area contributed by atoms with E-state index in [1.165, 1.54) is 48.6 Å². The number of nitrogens with one attached hydrogen (secondary N) is 2. The Morgan fingerprint density at radius 2 is 2.00 bits per heavy atom. The van der Waals surface area contributed by atoms with E-state index in [0.717, 1.165) is 39.1 Å². The molecule has 1 aliphatic rings. The van der Waals surface area contributed by atoms with Crippen LogP contribution in [0.2, 0.25) is 0 Å². The Kier molecular flexibility index (Phi) is 7.76. The minimum absolute atomic E-state index is 0.110. The van der Waals surface area contributed by atoms with E-state index >= 15 is 0 Å². The topological polar surface area (TPSA) is 54.0 Å². The third-order valence-corrected chi connectivity index (χ3v) is 8.25. The Labute approximate surface area is 202 Å². The molecular formula is C26H30BrN3OS. The Hall–Kier alpha value is -2.02. The van der Waals surface area contributed by atoms with Gasteiger partial charge in [-0.1, -0.05) is 62.6 Å². The maximum absolute atomic E-state index is 11.5. The minimum Gasteiger partial charge on any atom is -0.332 e. The summed E-state index contributed by atoms with van der Waals surface area (Å²) >= 11 is 5.56. The molecule has 1 heterocycles. The summed E-state index contributed by atoms with van der Waals surface area (Å²) in [7, 11) is 1.97. The highest BCUT2D eigenvalue weighted by Crippen LogP contribution is 2.41. The number of benzene rings is 2. The van der Waals surface area contributed by atoms with Crippen LogP contribution >= 0.6 is 27.3 Å². The summed E-state index contributed by atoms with van der Waals surface area (Å²) in [6, 6.07) is 12.6. The highest BCUT2D eigenvalue weighted by Gasteiger charge is 2.27. The van der Waals surface area contributed by atoms with Gasteiger partial charge in [-0.15, -0.1) is 11.3 Å². The van der Waals surface area contributed by atoms with Crippen LogP contribution in [-0.2, 0) is 4.79 Å².